The number of ether oxygens (including phenoxy) is 3. The molecule has 2 fully saturated rings. The molecule has 0 bridgehead atoms. The number of hydrogen-bond acceptors (Lipinski definition) is 6. The SMILES string of the molecule is CC(=O)O[C@H]1CC(=O)N2[C@H](c3ccccc3)OC[C@@]12[C@@H](OC(C)=O)C(C)C. The quantitative estimate of drug-likeness (QED) is 0.734. The van der Waals surface area contributed by atoms with Crippen LogP contribution in [0.2, 0.25) is 0 Å². The highest BCUT2D eigenvalue weighted by Crippen LogP contribution is 2.50. The predicted octanol–water partition coefficient (Wildman–Crippen LogP) is 2.21. The monoisotopic (exact) mass is 375 g/mol. The van der Waals surface area contributed by atoms with Gasteiger partial charge < -0.3 is 14.2 Å². The molecule has 0 spiro atoms. The van der Waals surface area contributed by atoms with E-state index in [1.165, 1.54) is 13.8 Å². The van der Waals surface area contributed by atoms with E-state index in [2.05, 4.69) is 0 Å². The standard InChI is InChI=1S/C20H25NO6/c1-12(2)18(27-14(4)23)20-11-25-19(15-8-6-5-7-9-15)21(20)17(24)10-16(20)26-13(3)22/h5-9,12,16,18-19H,10-11H2,1-4H3/t16-,18-,19-,20-/m0/s1. The molecule has 7 heteroatoms. The number of nitrogens with zero attached hydrogens (tertiary/aromatic N) is 1. The Labute approximate surface area is 158 Å². The topological polar surface area (TPSA) is 82.1 Å². The van der Waals surface area contributed by atoms with E-state index in [0.717, 1.165) is 5.56 Å². The van der Waals surface area contributed by atoms with Gasteiger partial charge in [0.25, 0.3) is 0 Å². The predicted molar refractivity (Wildman–Crippen MR) is 95.3 cm³/mol. The lowest BCUT2D eigenvalue weighted by Crippen LogP contribution is -2.62. The highest BCUT2D eigenvalue weighted by molar-refractivity contribution is 5.83. The van der Waals surface area contributed by atoms with Crippen molar-refractivity contribution in [3.05, 3.63) is 35.9 Å². The third-order valence-electron chi connectivity index (χ3n) is 5.13. The molecule has 2 saturated heterocycles. The number of amides is 1. The lowest BCUT2D eigenvalue weighted by molar-refractivity contribution is -0.171. The molecule has 1 amide bonds. The van der Waals surface area contributed by atoms with Gasteiger partial charge >= 0.3 is 11.9 Å². The molecule has 1 aromatic carbocycles. The molecule has 3 rings (SSSR count). The van der Waals surface area contributed by atoms with Crippen LogP contribution in [0.1, 0.15) is 45.9 Å². The van der Waals surface area contributed by atoms with E-state index in [9.17, 15) is 14.4 Å². The van der Waals surface area contributed by atoms with Crippen molar-refractivity contribution in [1.29, 1.82) is 0 Å². The minimum Gasteiger partial charge on any atom is -0.460 e. The van der Waals surface area contributed by atoms with Crippen molar-refractivity contribution in [2.24, 2.45) is 5.92 Å². The second kappa shape index (κ2) is 7.31. The summed E-state index contributed by atoms with van der Waals surface area (Å²) in [4.78, 5) is 38.1. The summed E-state index contributed by atoms with van der Waals surface area (Å²) < 4.78 is 17.2. The van der Waals surface area contributed by atoms with Gasteiger partial charge in [0.05, 0.1) is 13.0 Å². The third-order valence-corrected chi connectivity index (χ3v) is 5.13. The summed E-state index contributed by atoms with van der Waals surface area (Å²) in [6.07, 6.45) is -1.99. The fraction of sp³-hybridized carbons (Fsp3) is 0.550. The van der Waals surface area contributed by atoms with E-state index in [1.54, 1.807) is 4.90 Å². The smallest absolute Gasteiger partial charge is 0.303 e. The van der Waals surface area contributed by atoms with Gasteiger partial charge in [-0.05, 0) is 5.92 Å². The molecule has 4 atom stereocenters. The van der Waals surface area contributed by atoms with Gasteiger partial charge in [-0.25, -0.2) is 0 Å². The van der Waals surface area contributed by atoms with Crippen LogP contribution >= 0.6 is 0 Å². The first-order chi connectivity index (χ1) is 12.8. The first-order valence-electron chi connectivity index (χ1n) is 9.10. The molecular formula is C20H25NO6. The third kappa shape index (κ3) is 3.32. The summed E-state index contributed by atoms with van der Waals surface area (Å²) in [6.45, 7) is 6.57. The molecule has 0 N–H and O–H groups in total. The Hall–Kier alpha value is -2.41. The fourth-order valence-electron chi connectivity index (χ4n) is 4.22. The van der Waals surface area contributed by atoms with Gasteiger partial charge in [-0.2, -0.15) is 0 Å². The fourth-order valence-corrected chi connectivity index (χ4v) is 4.22. The zero-order valence-electron chi connectivity index (χ0n) is 16.0. The lowest BCUT2D eigenvalue weighted by atomic mass is 9.81. The lowest BCUT2D eigenvalue weighted by Gasteiger charge is -2.42. The second-order valence-corrected chi connectivity index (χ2v) is 7.41. The number of carbonyl (C=O) groups excluding carboxylic acids is 3. The summed E-state index contributed by atoms with van der Waals surface area (Å²) >= 11 is 0. The van der Waals surface area contributed by atoms with Crippen LogP contribution in [-0.2, 0) is 28.6 Å². The van der Waals surface area contributed by atoms with Gasteiger partial charge in [0, 0.05) is 19.4 Å². The molecule has 0 unspecified atom stereocenters. The molecular weight excluding hydrogens is 350 g/mol. The Kier molecular flexibility index (Phi) is 5.24. The van der Waals surface area contributed by atoms with Crippen molar-refractivity contribution in [1.82, 2.24) is 4.90 Å². The maximum absolute atomic E-state index is 13.0. The maximum Gasteiger partial charge on any atom is 0.303 e. The van der Waals surface area contributed by atoms with E-state index in [1.807, 2.05) is 44.2 Å². The van der Waals surface area contributed by atoms with Gasteiger partial charge in [-0.3, -0.25) is 19.3 Å². The largest absolute Gasteiger partial charge is 0.460 e. The zero-order chi connectivity index (χ0) is 19.8. The number of carbonyl (C=O) groups is 3. The van der Waals surface area contributed by atoms with Crippen molar-refractivity contribution >= 4 is 17.8 Å². The Morgan fingerprint density at radius 2 is 1.85 bits per heavy atom. The van der Waals surface area contributed by atoms with Gasteiger partial charge in [0.1, 0.15) is 17.7 Å². The molecule has 27 heavy (non-hydrogen) atoms. The first-order valence-corrected chi connectivity index (χ1v) is 9.10. The van der Waals surface area contributed by atoms with E-state index >= 15 is 0 Å². The molecule has 7 nitrogen and oxygen atoms in total. The van der Waals surface area contributed by atoms with E-state index in [-0.39, 0.29) is 24.9 Å². The van der Waals surface area contributed by atoms with Crippen LogP contribution in [0, 0.1) is 5.92 Å². The van der Waals surface area contributed by atoms with Crippen LogP contribution in [0.3, 0.4) is 0 Å². The molecule has 0 saturated carbocycles. The van der Waals surface area contributed by atoms with Gasteiger partial charge in [-0.1, -0.05) is 44.2 Å². The average Bonchev–Trinajstić information content (AvgIpc) is 3.11. The molecule has 0 aliphatic carbocycles. The highest BCUT2D eigenvalue weighted by atomic mass is 16.6. The maximum atomic E-state index is 13.0. The van der Waals surface area contributed by atoms with Crippen LogP contribution in [0.25, 0.3) is 0 Å². The van der Waals surface area contributed by atoms with Crippen molar-refractivity contribution in [2.45, 2.75) is 58.1 Å². The summed E-state index contributed by atoms with van der Waals surface area (Å²) in [5.74, 6) is -1.24. The van der Waals surface area contributed by atoms with E-state index in [4.69, 9.17) is 14.2 Å². The minimum atomic E-state index is -1.05. The van der Waals surface area contributed by atoms with Crippen molar-refractivity contribution < 1.29 is 28.6 Å². The number of fused-ring (bicyclic) bond motifs is 1. The average molecular weight is 375 g/mol. The molecule has 2 aliphatic heterocycles. The number of esters is 2. The summed E-state index contributed by atoms with van der Waals surface area (Å²) in [5, 5.41) is 0. The summed E-state index contributed by atoms with van der Waals surface area (Å²) in [7, 11) is 0. The Morgan fingerprint density at radius 3 is 2.41 bits per heavy atom. The number of benzene rings is 1. The van der Waals surface area contributed by atoms with Gasteiger partial charge in [0.15, 0.2) is 6.23 Å². The highest BCUT2D eigenvalue weighted by Gasteiger charge is 2.67. The van der Waals surface area contributed by atoms with Crippen molar-refractivity contribution in [2.75, 3.05) is 6.61 Å². The molecule has 2 heterocycles. The molecule has 0 radical (unpaired) electrons. The number of rotatable bonds is 5. The molecule has 0 aromatic heterocycles. The first kappa shape index (κ1) is 19.4. The van der Waals surface area contributed by atoms with Crippen LogP contribution < -0.4 is 0 Å². The van der Waals surface area contributed by atoms with Crippen LogP contribution in [-0.4, -0.2) is 47.1 Å². The summed E-state index contributed by atoms with van der Waals surface area (Å²) in [6, 6.07) is 9.38. The second-order valence-electron chi connectivity index (χ2n) is 7.41. The Morgan fingerprint density at radius 1 is 1.19 bits per heavy atom. The van der Waals surface area contributed by atoms with Crippen LogP contribution in [0.15, 0.2) is 30.3 Å². The van der Waals surface area contributed by atoms with Crippen LogP contribution in [0.4, 0.5) is 0 Å². The zero-order valence-corrected chi connectivity index (χ0v) is 16.0. The van der Waals surface area contributed by atoms with Crippen molar-refractivity contribution in [3.63, 3.8) is 0 Å². The van der Waals surface area contributed by atoms with E-state index < -0.39 is 35.9 Å². The Balaban J connectivity index is 2.09. The number of hydrogen-bond donors (Lipinski definition) is 0. The van der Waals surface area contributed by atoms with Crippen molar-refractivity contribution in [3.8, 4) is 0 Å². The molecule has 1 aromatic rings. The summed E-state index contributed by atoms with van der Waals surface area (Å²) in [5.41, 5.74) is -0.232. The molecule has 146 valence electrons. The Bertz CT molecular complexity index is 733. The van der Waals surface area contributed by atoms with E-state index in [0.29, 0.717) is 0 Å². The van der Waals surface area contributed by atoms with Crippen LogP contribution in [0.5, 0.6) is 0 Å². The normalized spacial score (nSPS) is 28.2. The minimum absolute atomic E-state index is 0.0385. The molecule has 2 aliphatic rings. The van der Waals surface area contributed by atoms with Gasteiger partial charge in [0.2, 0.25) is 5.91 Å². The van der Waals surface area contributed by atoms with Gasteiger partial charge in [-0.15, -0.1) is 0 Å².